The van der Waals surface area contributed by atoms with Crippen LogP contribution in [0.15, 0.2) is 12.1 Å². The van der Waals surface area contributed by atoms with Crippen LogP contribution >= 0.6 is 22.9 Å². The summed E-state index contributed by atoms with van der Waals surface area (Å²) in [7, 11) is -3.47. The van der Waals surface area contributed by atoms with E-state index in [9.17, 15) is 0 Å². The molecule has 0 aliphatic rings. The summed E-state index contributed by atoms with van der Waals surface area (Å²) < 4.78 is 0.963. The highest BCUT2D eigenvalue weighted by atomic mass is 35.5. The molecule has 0 atom stereocenters. The highest BCUT2D eigenvalue weighted by Crippen LogP contribution is 2.40. The molecule has 0 fully saturated rings. The molecule has 6 heteroatoms. The maximum Gasteiger partial charge on any atom is 0.0931 e. The number of rotatable bonds is 5. The Morgan fingerprint density at radius 3 is 1.45 bits per heavy atom. The van der Waals surface area contributed by atoms with Crippen molar-refractivity contribution in [2.24, 2.45) is 0 Å². The summed E-state index contributed by atoms with van der Waals surface area (Å²) in [5.41, 5.74) is 0. The van der Waals surface area contributed by atoms with Gasteiger partial charge in [-0.2, -0.15) is 0 Å². The molecule has 0 nitrogen and oxygen atoms in total. The zero-order chi connectivity index (χ0) is 16.0. The minimum Gasteiger partial charge on any atom is -0.129 e. The van der Waals surface area contributed by atoms with Crippen LogP contribution in [0.1, 0.15) is 4.88 Å². The Labute approximate surface area is 138 Å². The first-order valence-corrected chi connectivity index (χ1v) is 24.4. The summed E-state index contributed by atoms with van der Waals surface area (Å²) in [5.74, 6) is 0. The molecule has 0 aromatic carbocycles. The summed E-state index contributed by atoms with van der Waals surface area (Å²) in [6, 6.07) is 5.81. The Morgan fingerprint density at radius 2 is 1.20 bits per heavy atom. The molecule has 20 heavy (non-hydrogen) atoms. The molecule has 116 valence electrons. The van der Waals surface area contributed by atoms with Gasteiger partial charge in [-0.15, -0.1) is 11.3 Å². The SMILES string of the molecule is C[Si](C)(C)[Si](Cc1ccc(Cl)s1)([Si](C)(C)C)[Si](C)(C)C. The average Bonchev–Trinajstić information content (AvgIpc) is 2.54. The summed E-state index contributed by atoms with van der Waals surface area (Å²) in [6.45, 7) is 22.7. The molecule has 0 saturated carbocycles. The molecular weight excluding hydrogens is 348 g/mol. The van der Waals surface area contributed by atoms with Crippen LogP contribution in [-0.2, 0) is 6.04 Å². The number of thiophene rings is 1. The maximum atomic E-state index is 6.20. The molecule has 1 aromatic heterocycles. The minimum atomic E-state index is -1.26. The van der Waals surface area contributed by atoms with Crippen molar-refractivity contribution >= 4 is 52.3 Å². The molecule has 1 rings (SSSR count). The second kappa shape index (κ2) is 5.81. The second-order valence-corrected chi connectivity index (χ2v) is 52.2. The third-order valence-electron chi connectivity index (χ3n) is 4.91. The van der Waals surface area contributed by atoms with Gasteiger partial charge in [-0.3, -0.25) is 0 Å². The Kier molecular flexibility index (Phi) is 5.49. The first kappa shape index (κ1) is 18.9. The lowest BCUT2D eigenvalue weighted by atomic mass is 10.5. The Balaban J connectivity index is 3.47. The zero-order valence-electron chi connectivity index (χ0n) is 14.6. The maximum absolute atomic E-state index is 6.20. The van der Waals surface area contributed by atoms with Gasteiger partial charge in [-0.05, 0) is 18.2 Å². The highest BCUT2D eigenvalue weighted by molar-refractivity contribution is 7.89. The van der Waals surface area contributed by atoms with E-state index in [1.807, 2.05) is 11.3 Å². The van der Waals surface area contributed by atoms with Gasteiger partial charge in [0, 0.05) is 34.3 Å². The van der Waals surface area contributed by atoms with Crippen molar-refractivity contribution < 1.29 is 0 Å². The van der Waals surface area contributed by atoms with Crippen molar-refractivity contribution in [3.63, 3.8) is 0 Å². The smallest absolute Gasteiger partial charge is 0.0931 e. The molecule has 0 saturated heterocycles. The molecule has 0 bridgehead atoms. The van der Waals surface area contributed by atoms with E-state index in [4.69, 9.17) is 11.6 Å². The highest BCUT2D eigenvalue weighted by Gasteiger charge is 2.61. The van der Waals surface area contributed by atoms with Crippen LogP contribution in [0, 0.1) is 0 Å². The van der Waals surface area contributed by atoms with Crippen LogP contribution in [0.25, 0.3) is 0 Å². The molecule has 0 amide bonds. The predicted octanol–water partition coefficient (Wildman–Crippen LogP) is 6.18. The van der Waals surface area contributed by atoms with Crippen LogP contribution in [0.4, 0.5) is 0 Å². The fourth-order valence-electron chi connectivity index (χ4n) is 4.88. The Hall–Kier alpha value is 0.858. The molecule has 1 aromatic rings. The molecule has 1 heterocycles. The molecule has 0 N–H and O–H groups in total. The van der Waals surface area contributed by atoms with E-state index in [0.29, 0.717) is 0 Å². The van der Waals surface area contributed by atoms with E-state index >= 15 is 0 Å². The van der Waals surface area contributed by atoms with Crippen LogP contribution in [0.5, 0.6) is 0 Å². The normalized spacial score (nSPS) is 14.7. The van der Waals surface area contributed by atoms with E-state index in [1.165, 1.54) is 6.04 Å². The largest absolute Gasteiger partial charge is 0.129 e. The lowest BCUT2D eigenvalue weighted by Gasteiger charge is -2.57. The van der Waals surface area contributed by atoms with Gasteiger partial charge in [0.25, 0.3) is 0 Å². The van der Waals surface area contributed by atoms with E-state index in [0.717, 1.165) is 4.34 Å². The van der Waals surface area contributed by atoms with Gasteiger partial charge in [0.2, 0.25) is 0 Å². The van der Waals surface area contributed by atoms with E-state index in [1.54, 1.807) is 4.88 Å². The monoisotopic (exact) mass is 378 g/mol. The second-order valence-electron chi connectivity index (χ2n) is 9.04. The first-order valence-electron chi connectivity index (χ1n) is 7.47. The Bertz CT molecular complexity index is 427. The fourth-order valence-corrected chi connectivity index (χ4v) is 104. The summed E-state index contributed by atoms with van der Waals surface area (Å²) in [4.78, 5) is 1.56. The summed E-state index contributed by atoms with van der Waals surface area (Å²) in [5, 5.41) is 0. The number of hydrogen-bond donors (Lipinski definition) is 0. The minimum absolute atomic E-state index is 0.963. The van der Waals surface area contributed by atoms with Crippen LogP contribution in [0.2, 0.25) is 63.3 Å². The molecule has 0 spiro atoms. The number of hydrogen-bond acceptors (Lipinski definition) is 1. The van der Waals surface area contributed by atoms with Gasteiger partial charge in [0.1, 0.15) is 0 Å². The van der Waals surface area contributed by atoms with Crippen molar-refractivity contribution in [3.8, 4) is 0 Å². The van der Waals surface area contributed by atoms with Gasteiger partial charge in [-0.1, -0.05) is 70.5 Å². The van der Waals surface area contributed by atoms with E-state index in [2.05, 4.69) is 71.1 Å². The first-order chi connectivity index (χ1) is 8.72. The van der Waals surface area contributed by atoms with Gasteiger partial charge >= 0.3 is 0 Å². The van der Waals surface area contributed by atoms with Gasteiger partial charge in [0.15, 0.2) is 0 Å². The average molecular weight is 379 g/mol. The molecule has 0 aliphatic heterocycles. The third-order valence-corrected chi connectivity index (χ3v) is 80.1. The van der Waals surface area contributed by atoms with Crippen molar-refractivity contribution in [1.29, 1.82) is 0 Å². The fraction of sp³-hybridized carbons (Fsp3) is 0.714. The Morgan fingerprint density at radius 1 is 0.800 bits per heavy atom. The lowest BCUT2D eigenvalue weighted by Crippen LogP contribution is -2.83. The topological polar surface area (TPSA) is 0 Å². The number of halogens is 1. The van der Waals surface area contributed by atoms with E-state index in [-0.39, 0.29) is 0 Å². The lowest BCUT2D eigenvalue weighted by molar-refractivity contribution is 1.45. The van der Waals surface area contributed by atoms with Crippen molar-refractivity contribution in [2.75, 3.05) is 0 Å². The molecule has 0 radical (unpaired) electrons. The predicted molar refractivity (Wildman–Crippen MR) is 109 cm³/mol. The quantitative estimate of drug-likeness (QED) is 0.536. The van der Waals surface area contributed by atoms with E-state index < -0.39 is 29.4 Å². The van der Waals surface area contributed by atoms with Crippen molar-refractivity contribution in [1.82, 2.24) is 0 Å². The summed E-state index contributed by atoms with van der Waals surface area (Å²) >= 11 is 8.03. The van der Waals surface area contributed by atoms with Gasteiger partial charge < -0.3 is 0 Å². The molecule has 0 unspecified atom stereocenters. The molecular formula is C14H31ClSSi4. The van der Waals surface area contributed by atoms with Crippen LogP contribution in [0.3, 0.4) is 0 Å². The molecule has 0 aliphatic carbocycles. The third kappa shape index (κ3) is 3.43. The van der Waals surface area contributed by atoms with Crippen molar-refractivity contribution in [2.45, 2.75) is 65.0 Å². The standard InChI is InChI=1S/C14H31ClSSi4/c1-17(2,3)20(18(4,5)6,19(7,8)9)12-13-10-11-14(15)16-13/h10-11H,12H2,1-9H3. The van der Waals surface area contributed by atoms with Gasteiger partial charge in [0.05, 0.1) is 4.34 Å². The summed E-state index contributed by atoms with van der Waals surface area (Å²) in [6.07, 6.45) is 0. The van der Waals surface area contributed by atoms with Crippen molar-refractivity contribution in [3.05, 3.63) is 21.3 Å². The van der Waals surface area contributed by atoms with Gasteiger partial charge in [-0.25, -0.2) is 0 Å². The van der Waals surface area contributed by atoms with Crippen LogP contribution < -0.4 is 0 Å². The zero-order valence-corrected chi connectivity index (χ0v) is 20.2. The van der Waals surface area contributed by atoms with Crippen LogP contribution in [-0.4, -0.2) is 29.4 Å².